The Morgan fingerprint density at radius 2 is 1.84 bits per heavy atom. The standard InChI is InChI=1S/C16H18NO2/c1-2-19-16(18)13-17-11-7-6-10-15(17)12-14-8-4-3-5-9-14/h3-11H,2,12-13H2,1H3/q+1. The summed E-state index contributed by atoms with van der Waals surface area (Å²) in [5, 5.41) is 0. The second-order valence-electron chi connectivity index (χ2n) is 4.29. The van der Waals surface area contributed by atoms with Crippen molar-refractivity contribution in [2.24, 2.45) is 0 Å². The summed E-state index contributed by atoms with van der Waals surface area (Å²) in [4.78, 5) is 11.6. The van der Waals surface area contributed by atoms with Crippen molar-refractivity contribution in [3.8, 4) is 0 Å². The molecule has 0 saturated carbocycles. The number of rotatable bonds is 5. The van der Waals surface area contributed by atoms with Gasteiger partial charge in [-0.1, -0.05) is 36.4 Å². The van der Waals surface area contributed by atoms with Gasteiger partial charge in [-0.15, -0.1) is 0 Å². The Bertz CT molecular complexity index is 537. The molecule has 0 unspecified atom stereocenters. The largest absolute Gasteiger partial charge is 0.461 e. The van der Waals surface area contributed by atoms with Crippen molar-refractivity contribution in [2.45, 2.75) is 19.9 Å². The lowest BCUT2D eigenvalue weighted by atomic mass is 10.1. The molecule has 1 aromatic carbocycles. The molecule has 0 N–H and O–H groups in total. The van der Waals surface area contributed by atoms with Crippen LogP contribution in [0, 0.1) is 0 Å². The molecular formula is C16H18NO2+. The molecule has 98 valence electrons. The number of esters is 1. The lowest BCUT2D eigenvalue weighted by Gasteiger charge is -2.04. The molecule has 0 saturated heterocycles. The molecular weight excluding hydrogens is 238 g/mol. The lowest BCUT2D eigenvalue weighted by molar-refractivity contribution is -0.692. The van der Waals surface area contributed by atoms with Crippen LogP contribution in [-0.4, -0.2) is 12.6 Å². The first-order valence-electron chi connectivity index (χ1n) is 6.46. The van der Waals surface area contributed by atoms with E-state index in [4.69, 9.17) is 4.74 Å². The quantitative estimate of drug-likeness (QED) is 0.606. The molecule has 0 aliphatic carbocycles. The van der Waals surface area contributed by atoms with Gasteiger partial charge in [-0.05, 0) is 12.5 Å². The van der Waals surface area contributed by atoms with Crippen molar-refractivity contribution in [2.75, 3.05) is 6.61 Å². The Labute approximate surface area is 113 Å². The zero-order valence-corrected chi connectivity index (χ0v) is 11.1. The third-order valence-corrected chi connectivity index (χ3v) is 2.87. The summed E-state index contributed by atoms with van der Waals surface area (Å²) in [5.74, 6) is -0.201. The smallest absolute Gasteiger partial charge is 0.372 e. The SMILES string of the molecule is CCOC(=O)C[n+]1ccccc1Cc1ccccc1. The third kappa shape index (κ3) is 3.91. The molecule has 2 rings (SSSR count). The molecule has 1 heterocycles. The average Bonchev–Trinajstić information content (AvgIpc) is 2.42. The van der Waals surface area contributed by atoms with Crippen molar-refractivity contribution in [3.05, 3.63) is 66.0 Å². The second-order valence-corrected chi connectivity index (χ2v) is 4.29. The van der Waals surface area contributed by atoms with Crippen molar-refractivity contribution in [3.63, 3.8) is 0 Å². The predicted molar refractivity (Wildman–Crippen MR) is 72.5 cm³/mol. The van der Waals surface area contributed by atoms with E-state index in [9.17, 15) is 4.79 Å². The molecule has 3 nitrogen and oxygen atoms in total. The summed E-state index contributed by atoms with van der Waals surface area (Å²) in [6, 6.07) is 16.2. The number of benzene rings is 1. The predicted octanol–water partition coefficient (Wildman–Crippen LogP) is 2.13. The molecule has 0 atom stereocenters. The minimum Gasteiger partial charge on any atom is -0.461 e. The second kappa shape index (κ2) is 6.69. The van der Waals surface area contributed by atoms with E-state index in [1.807, 2.05) is 54.1 Å². The maximum atomic E-state index is 11.6. The average molecular weight is 256 g/mol. The highest BCUT2D eigenvalue weighted by atomic mass is 16.5. The van der Waals surface area contributed by atoms with Crippen LogP contribution >= 0.6 is 0 Å². The molecule has 19 heavy (non-hydrogen) atoms. The number of ether oxygens (including phenoxy) is 1. The van der Waals surface area contributed by atoms with Crippen LogP contribution in [0.15, 0.2) is 54.7 Å². The van der Waals surface area contributed by atoms with E-state index < -0.39 is 0 Å². The van der Waals surface area contributed by atoms with Crippen LogP contribution in [0.2, 0.25) is 0 Å². The van der Waals surface area contributed by atoms with E-state index in [0.717, 1.165) is 12.1 Å². The molecule has 0 aliphatic heterocycles. The van der Waals surface area contributed by atoms with E-state index >= 15 is 0 Å². The fourth-order valence-corrected chi connectivity index (χ4v) is 1.98. The van der Waals surface area contributed by atoms with Gasteiger partial charge in [-0.2, -0.15) is 4.57 Å². The van der Waals surface area contributed by atoms with Crippen LogP contribution in [0.5, 0.6) is 0 Å². The lowest BCUT2D eigenvalue weighted by Crippen LogP contribution is -2.42. The number of aromatic nitrogens is 1. The molecule has 1 aromatic heterocycles. The van der Waals surface area contributed by atoms with Gasteiger partial charge in [0.2, 0.25) is 6.54 Å². The third-order valence-electron chi connectivity index (χ3n) is 2.87. The minimum absolute atomic E-state index is 0.201. The normalized spacial score (nSPS) is 10.2. The van der Waals surface area contributed by atoms with Gasteiger partial charge in [-0.25, -0.2) is 4.79 Å². The summed E-state index contributed by atoms with van der Waals surface area (Å²) in [6.07, 6.45) is 2.72. The van der Waals surface area contributed by atoms with Gasteiger partial charge >= 0.3 is 5.97 Å². The van der Waals surface area contributed by atoms with E-state index in [1.165, 1.54) is 5.56 Å². The molecule has 0 fully saturated rings. The Kier molecular flexibility index (Phi) is 4.67. The molecule has 0 bridgehead atoms. The first-order valence-corrected chi connectivity index (χ1v) is 6.46. The summed E-state index contributed by atoms with van der Waals surface area (Å²) >= 11 is 0. The maximum absolute atomic E-state index is 11.6. The van der Waals surface area contributed by atoms with Crippen LogP contribution in [0.1, 0.15) is 18.2 Å². The molecule has 0 aliphatic rings. The van der Waals surface area contributed by atoms with E-state index in [2.05, 4.69) is 12.1 Å². The molecule has 0 amide bonds. The van der Waals surface area contributed by atoms with Crippen molar-refractivity contribution in [1.29, 1.82) is 0 Å². The fourth-order valence-electron chi connectivity index (χ4n) is 1.98. The van der Waals surface area contributed by atoms with Gasteiger partial charge in [0.25, 0.3) is 0 Å². The van der Waals surface area contributed by atoms with Gasteiger partial charge in [-0.3, -0.25) is 0 Å². The zero-order chi connectivity index (χ0) is 13.5. The van der Waals surface area contributed by atoms with Crippen molar-refractivity contribution in [1.82, 2.24) is 0 Å². The minimum atomic E-state index is -0.201. The van der Waals surface area contributed by atoms with E-state index in [1.54, 1.807) is 0 Å². The topological polar surface area (TPSA) is 30.2 Å². The Hall–Kier alpha value is -2.16. The van der Waals surface area contributed by atoms with Crippen LogP contribution in [0.4, 0.5) is 0 Å². The van der Waals surface area contributed by atoms with E-state index in [-0.39, 0.29) is 12.5 Å². The van der Waals surface area contributed by atoms with Gasteiger partial charge in [0.1, 0.15) is 0 Å². The highest BCUT2D eigenvalue weighted by Crippen LogP contribution is 2.05. The van der Waals surface area contributed by atoms with Crippen LogP contribution in [-0.2, 0) is 22.5 Å². The van der Waals surface area contributed by atoms with Crippen molar-refractivity contribution < 1.29 is 14.1 Å². The first kappa shape index (κ1) is 13.3. The summed E-state index contributed by atoms with van der Waals surface area (Å²) < 4.78 is 6.93. The van der Waals surface area contributed by atoms with Crippen LogP contribution in [0.3, 0.4) is 0 Å². The van der Waals surface area contributed by atoms with Gasteiger partial charge in [0.05, 0.1) is 13.0 Å². The number of hydrogen-bond acceptors (Lipinski definition) is 2. The fraction of sp³-hybridized carbons (Fsp3) is 0.250. The highest BCUT2D eigenvalue weighted by Gasteiger charge is 2.15. The Balaban J connectivity index is 2.14. The number of pyridine rings is 1. The zero-order valence-electron chi connectivity index (χ0n) is 11.1. The monoisotopic (exact) mass is 256 g/mol. The maximum Gasteiger partial charge on any atom is 0.372 e. The molecule has 0 radical (unpaired) electrons. The molecule has 2 aromatic rings. The summed E-state index contributed by atoms with van der Waals surface area (Å²) in [7, 11) is 0. The Morgan fingerprint density at radius 1 is 1.11 bits per heavy atom. The number of carbonyl (C=O) groups is 1. The number of hydrogen-bond donors (Lipinski definition) is 0. The van der Waals surface area contributed by atoms with Gasteiger partial charge in [0.15, 0.2) is 11.9 Å². The Morgan fingerprint density at radius 3 is 2.58 bits per heavy atom. The number of nitrogens with zero attached hydrogens (tertiary/aromatic N) is 1. The van der Waals surface area contributed by atoms with Crippen LogP contribution < -0.4 is 4.57 Å². The number of carbonyl (C=O) groups excluding carboxylic acids is 1. The first-order chi connectivity index (χ1) is 9.29. The van der Waals surface area contributed by atoms with E-state index in [0.29, 0.717) is 6.61 Å². The van der Waals surface area contributed by atoms with Gasteiger partial charge < -0.3 is 4.74 Å². The van der Waals surface area contributed by atoms with Crippen molar-refractivity contribution >= 4 is 5.97 Å². The summed E-state index contributed by atoms with van der Waals surface area (Å²) in [6.45, 7) is 2.50. The van der Waals surface area contributed by atoms with Crippen LogP contribution in [0.25, 0.3) is 0 Å². The highest BCUT2D eigenvalue weighted by molar-refractivity contribution is 5.67. The van der Waals surface area contributed by atoms with Gasteiger partial charge in [0, 0.05) is 12.1 Å². The molecule has 3 heteroatoms. The molecule has 0 spiro atoms. The summed E-state index contributed by atoms with van der Waals surface area (Å²) in [5.41, 5.74) is 2.33.